The maximum atomic E-state index is 4.22. The molecule has 76 valence electrons. The monoisotopic (exact) mass is 366 g/mol. The lowest BCUT2D eigenvalue weighted by Crippen LogP contribution is -2.21. The minimum atomic E-state index is 0.580. The third kappa shape index (κ3) is 2.28. The third-order valence-electron chi connectivity index (χ3n) is 2.63. The molecular formula is C10H12BrIN2. The largest absolute Gasteiger partial charge is 0.287 e. The first kappa shape index (κ1) is 10.8. The van der Waals surface area contributed by atoms with Crippen LogP contribution < -0.4 is 0 Å². The normalized spacial score (nSPS) is 22.9. The van der Waals surface area contributed by atoms with E-state index >= 15 is 0 Å². The van der Waals surface area contributed by atoms with E-state index in [1.165, 1.54) is 24.9 Å². The Morgan fingerprint density at radius 3 is 3.14 bits per heavy atom. The van der Waals surface area contributed by atoms with Crippen molar-refractivity contribution in [1.82, 2.24) is 9.88 Å². The summed E-state index contributed by atoms with van der Waals surface area (Å²) < 4.78 is 2.19. The van der Waals surface area contributed by atoms with Crippen molar-refractivity contribution in [1.29, 1.82) is 0 Å². The first-order valence-electron chi connectivity index (χ1n) is 4.71. The van der Waals surface area contributed by atoms with Crippen molar-refractivity contribution >= 4 is 38.5 Å². The Morgan fingerprint density at radius 2 is 2.43 bits per heavy atom. The number of alkyl halides is 1. The van der Waals surface area contributed by atoms with Gasteiger partial charge in [-0.1, -0.05) is 22.6 Å². The molecule has 1 unspecified atom stereocenters. The molecule has 0 aliphatic carbocycles. The molecule has 1 saturated heterocycles. The summed E-state index contributed by atoms with van der Waals surface area (Å²) in [6.07, 6.45) is 6.40. The fourth-order valence-corrected chi connectivity index (χ4v) is 3.16. The molecule has 0 radical (unpaired) electrons. The average Bonchev–Trinajstić information content (AvgIpc) is 2.65. The maximum Gasteiger partial charge on any atom is 0.0511 e. The van der Waals surface area contributed by atoms with Crippen molar-refractivity contribution in [3.63, 3.8) is 0 Å². The van der Waals surface area contributed by atoms with Gasteiger partial charge in [0.2, 0.25) is 0 Å². The van der Waals surface area contributed by atoms with Crippen LogP contribution in [0.15, 0.2) is 22.9 Å². The van der Waals surface area contributed by atoms with Crippen molar-refractivity contribution in [2.75, 3.05) is 11.1 Å². The zero-order valence-corrected chi connectivity index (χ0v) is 11.5. The SMILES string of the molecule is Brc1cncc(C2CCCN2CI)c1. The van der Waals surface area contributed by atoms with Gasteiger partial charge in [0.15, 0.2) is 0 Å². The number of hydrogen-bond acceptors (Lipinski definition) is 2. The predicted molar refractivity (Wildman–Crippen MR) is 69.5 cm³/mol. The van der Waals surface area contributed by atoms with E-state index in [9.17, 15) is 0 Å². The smallest absolute Gasteiger partial charge is 0.0511 e. The Morgan fingerprint density at radius 1 is 1.57 bits per heavy atom. The highest BCUT2D eigenvalue weighted by Crippen LogP contribution is 2.32. The van der Waals surface area contributed by atoms with Crippen LogP contribution in [0, 0.1) is 0 Å². The van der Waals surface area contributed by atoms with E-state index in [2.05, 4.69) is 54.5 Å². The summed E-state index contributed by atoms with van der Waals surface area (Å²) in [6.45, 7) is 1.22. The number of pyridine rings is 1. The topological polar surface area (TPSA) is 16.1 Å². The lowest BCUT2D eigenvalue weighted by molar-refractivity contribution is 0.310. The van der Waals surface area contributed by atoms with Crippen LogP contribution in [0.4, 0.5) is 0 Å². The van der Waals surface area contributed by atoms with Crippen LogP contribution in [-0.4, -0.2) is 21.0 Å². The van der Waals surface area contributed by atoms with Gasteiger partial charge in [-0.2, -0.15) is 0 Å². The zero-order chi connectivity index (χ0) is 9.97. The Balaban J connectivity index is 2.21. The van der Waals surface area contributed by atoms with Crippen LogP contribution in [0.3, 0.4) is 0 Å². The maximum absolute atomic E-state index is 4.22. The molecule has 2 nitrogen and oxygen atoms in total. The van der Waals surface area contributed by atoms with Gasteiger partial charge < -0.3 is 0 Å². The summed E-state index contributed by atoms with van der Waals surface area (Å²) in [6, 6.07) is 2.76. The van der Waals surface area contributed by atoms with Crippen molar-refractivity contribution in [2.45, 2.75) is 18.9 Å². The summed E-state index contributed by atoms with van der Waals surface area (Å²) in [4.78, 5) is 6.73. The van der Waals surface area contributed by atoms with E-state index in [-0.39, 0.29) is 0 Å². The molecule has 1 atom stereocenters. The van der Waals surface area contributed by atoms with Gasteiger partial charge >= 0.3 is 0 Å². The van der Waals surface area contributed by atoms with Gasteiger partial charge in [-0.3, -0.25) is 9.88 Å². The molecule has 2 rings (SSSR count). The van der Waals surface area contributed by atoms with Crippen molar-refractivity contribution in [3.8, 4) is 0 Å². The summed E-state index contributed by atoms with van der Waals surface area (Å²) in [7, 11) is 0. The van der Waals surface area contributed by atoms with Crippen molar-refractivity contribution < 1.29 is 0 Å². The molecule has 1 aliphatic heterocycles. The molecule has 4 heteroatoms. The summed E-state index contributed by atoms with van der Waals surface area (Å²) >= 11 is 5.90. The fourth-order valence-electron chi connectivity index (χ4n) is 1.96. The highest BCUT2D eigenvalue weighted by atomic mass is 127. The Hall–Kier alpha value is 0.320. The number of hydrogen-bond donors (Lipinski definition) is 0. The van der Waals surface area contributed by atoms with Crippen LogP contribution in [0.5, 0.6) is 0 Å². The number of rotatable bonds is 2. The molecule has 0 N–H and O–H groups in total. The van der Waals surface area contributed by atoms with Crippen LogP contribution in [0.25, 0.3) is 0 Å². The minimum Gasteiger partial charge on any atom is -0.287 e. The highest BCUT2D eigenvalue weighted by Gasteiger charge is 2.24. The Bertz CT molecular complexity index is 319. The van der Waals surface area contributed by atoms with Gasteiger partial charge in [0, 0.05) is 22.9 Å². The Labute approximate surface area is 106 Å². The van der Waals surface area contributed by atoms with E-state index in [0.29, 0.717) is 6.04 Å². The second-order valence-electron chi connectivity index (χ2n) is 3.53. The quantitative estimate of drug-likeness (QED) is 0.453. The van der Waals surface area contributed by atoms with E-state index in [1.54, 1.807) is 0 Å². The molecule has 1 aromatic rings. The fraction of sp³-hybridized carbons (Fsp3) is 0.500. The number of halogens is 2. The molecule has 0 saturated carbocycles. The molecular weight excluding hydrogens is 355 g/mol. The van der Waals surface area contributed by atoms with Crippen LogP contribution in [0.1, 0.15) is 24.4 Å². The summed E-state index contributed by atoms with van der Waals surface area (Å²) in [5.74, 6) is 0. The van der Waals surface area contributed by atoms with Crippen LogP contribution in [0.2, 0.25) is 0 Å². The molecule has 2 heterocycles. The van der Waals surface area contributed by atoms with Gasteiger partial charge in [0.05, 0.1) is 4.55 Å². The van der Waals surface area contributed by atoms with Gasteiger partial charge in [0.1, 0.15) is 0 Å². The Kier molecular flexibility index (Phi) is 3.79. The molecule has 0 aromatic carbocycles. The average molecular weight is 367 g/mol. The lowest BCUT2D eigenvalue weighted by Gasteiger charge is -2.21. The van der Waals surface area contributed by atoms with E-state index < -0.39 is 0 Å². The molecule has 0 bridgehead atoms. The molecule has 1 aliphatic rings. The number of likely N-dealkylation sites (tertiary alicyclic amines) is 1. The molecule has 14 heavy (non-hydrogen) atoms. The van der Waals surface area contributed by atoms with Gasteiger partial charge in [-0.25, -0.2) is 0 Å². The number of aromatic nitrogens is 1. The second-order valence-corrected chi connectivity index (χ2v) is 5.12. The molecule has 1 fully saturated rings. The van der Waals surface area contributed by atoms with E-state index in [1.807, 2.05) is 12.4 Å². The van der Waals surface area contributed by atoms with Gasteiger partial charge in [-0.05, 0) is 46.9 Å². The predicted octanol–water partition coefficient (Wildman–Crippen LogP) is 3.37. The third-order valence-corrected chi connectivity index (χ3v) is 3.94. The summed E-state index contributed by atoms with van der Waals surface area (Å²) in [5, 5.41) is 0. The first-order chi connectivity index (χ1) is 6.81. The molecule has 0 spiro atoms. The van der Waals surface area contributed by atoms with Crippen LogP contribution in [-0.2, 0) is 0 Å². The molecule has 0 amide bonds. The van der Waals surface area contributed by atoms with E-state index in [0.717, 1.165) is 9.02 Å². The van der Waals surface area contributed by atoms with Crippen molar-refractivity contribution in [3.05, 3.63) is 28.5 Å². The lowest BCUT2D eigenvalue weighted by atomic mass is 10.1. The second kappa shape index (κ2) is 4.90. The standard InChI is InChI=1S/C10H12BrIN2/c11-9-4-8(5-13-6-9)10-2-1-3-14(10)7-12/h4-6,10H,1-3,7H2. The minimum absolute atomic E-state index is 0.580. The first-order valence-corrected chi connectivity index (χ1v) is 7.03. The van der Waals surface area contributed by atoms with Crippen LogP contribution >= 0.6 is 38.5 Å². The van der Waals surface area contributed by atoms with Gasteiger partial charge in [-0.15, -0.1) is 0 Å². The summed E-state index contributed by atoms with van der Waals surface area (Å²) in [5.41, 5.74) is 1.34. The van der Waals surface area contributed by atoms with Crippen molar-refractivity contribution in [2.24, 2.45) is 0 Å². The number of nitrogens with zero attached hydrogens (tertiary/aromatic N) is 2. The van der Waals surface area contributed by atoms with Gasteiger partial charge in [0.25, 0.3) is 0 Å². The van der Waals surface area contributed by atoms with E-state index in [4.69, 9.17) is 0 Å². The highest BCUT2D eigenvalue weighted by molar-refractivity contribution is 14.1. The zero-order valence-electron chi connectivity index (χ0n) is 7.79. The molecule has 1 aromatic heterocycles.